The van der Waals surface area contributed by atoms with Crippen LogP contribution in [0.25, 0.3) is 0 Å². The maximum absolute atomic E-state index is 13.4. The average Bonchev–Trinajstić information content (AvgIpc) is 3.23. The van der Waals surface area contributed by atoms with E-state index in [0.29, 0.717) is 25.4 Å². The summed E-state index contributed by atoms with van der Waals surface area (Å²) in [5, 5.41) is 0. The second-order valence-electron chi connectivity index (χ2n) is 10.6. The number of carbonyl (C=O) groups is 1. The van der Waals surface area contributed by atoms with E-state index in [1.807, 2.05) is 48.2 Å². The molecule has 7 nitrogen and oxygen atoms in total. The Labute approximate surface area is 202 Å². The van der Waals surface area contributed by atoms with Crippen molar-refractivity contribution >= 4 is 5.91 Å². The molecule has 7 heteroatoms. The zero-order chi connectivity index (χ0) is 23.8. The van der Waals surface area contributed by atoms with Gasteiger partial charge in [-0.25, -0.2) is 9.97 Å². The van der Waals surface area contributed by atoms with Gasteiger partial charge < -0.3 is 19.3 Å². The van der Waals surface area contributed by atoms with Gasteiger partial charge in [-0.2, -0.15) is 0 Å². The summed E-state index contributed by atoms with van der Waals surface area (Å²) in [5.41, 5.74) is 1.12. The van der Waals surface area contributed by atoms with Crippen LogP contribution < -0.4 is 4.74 Å². The van der Waals surface area contributed by atoms with Crippen molar-refractivity contribution in [2.45, 2.75) is 63.1 Å². The van der Waals surface area contributed by atoms with E-state index in [0.717, 1.165) is 62.5 Å². The van der Waals surface area contributed by atoms with Crippen LogP contribution in [-0.2, 0) is 10.2 Å². The van der Waals surface area contributed by atoms with Crippen LogP contribution in [0.15, 0.2) is 36.4 Å². The first-order valence-corrected chi connectivity index (χ1v) is 12.5. The number of rotatable bonds is 4. The Bertz CT molecular complexity index is 1010. The molecule has 3 saturated heterocycles. The van der Waals surface area contributed by atoms with Crippen LogP contribution in [0.3, 0.4) is 0 Å². The zero-order valence-corrected chi connectivity index (χ0v) is 20.6. The highest BCUT2D eigenvalue weighted by atomic mass is 16.6. The maximum atomic E-state index is 13.4. The average molecular weight is 465 g/mol. The zero-order valence-electron chi connectivity index (χ0n) is 20.6. The topological polar surface area (TPSA) is 67.8 Å². The number of aromatic nitrogens is 2. The normalized spacial score (nSPS) is 24.3. The lowest BCUT2D eigenvalue weighted by Crippen LogP contribution is -2.47. The smallest absolute Gasteiger partial charge is 0.272 e. The third-order valence-corrected chi connectivity index (χ3v) is 7.89. The number of likely N-dealkylation sites (tertiary alicyclic amines) is 2. The number of ether oxygens (including phenoxy) is 2. The van der Waals surface area contributed by atoms with Gasteiger partial charge in [0.15, 0.2) is 0 Å². The molecule has 4 heterocycles. The summed E-state index contributed by atoms with van der Waals surface area (Å²) in [5.74, 6) is 1.71. The quantitative estimate of drug-likeness (QED) is 0.689. The third kappa shape index (κ3) is 4.82. The van der Waals surface area contributed by atoms with Crippen LogP contribution in [0.1, 0.15) is 61.0 Å². The highest BCUT2D eigenvalue weighted by molar-refractivity contribution is 5.92. The van der Waals surface area contributed by atoms with Gasteiger partial charge in [0.05, 0.1) is 12.2 Å². The summed E-state index contributed by atoms with van der Waals surface area (Å²) in [4.78, 5) is 27.2. The Balaban J connectivity index is 1.22. The molecular weight excluding hydrogens is 428 g/mol. The van der Waals surface area contributed by atoms with Crippen molar-refractivity contribution in [3.8, 4) is 5.75 Å². The minimum Gasteiger partial charge on any atom is -0.488 e. The van der Waals surface area contributed by atoms with Gasteiger partial charge in [0.25, 0.3) is 5.91 Å². The Morgan fingerprint density at radius 2 is 1.76 bits per heavy atom. The van der Waals surface area contributed by atoms with Gasteiger partial charge in [-0.15, -0.1) is 0 Å². The van der Waals surface area contributed by atoms with Crippen LogP contribution in [0.5, 0.6) is 5.75 Å². The molecule has 3 fully saturated rings. The Morgan fingerprint density at radius 1 is 1.06 bits per heavy atom. The number of benzene rings is 1. The summed E-state index contributed by atoms with van der Waals surface area (Å²) >= 11 is 0. The number of hydrogen-bond donors (Lipinski definition) is 0. The fourth-order valence-electron chi connectivity index (χ4n) is 5.48. The highest BCUT2D eigenvalue weighted by Crippen LogP contribution is 2.38. The molecule has 2 aromatic rings. The van der Waals surface area contributed by atoms with E-state index in [1.54, 1.807) is 0 Å². The Hall–Kier alpha value is -2.51. The van der Waals surface area contributed by atoms with Crippen LogP contribution in [0.4, 0.5) is 0 Å². The van der Waals surface area contributed by atoms with E-state index in [9.17, 15) is 4.79 Å². The molecule has 3 aliphatic rings. The second-order valence-corrected chi connectivity index (χ2v) is 10.6. The summed E-state index contributed by atoms with van der Waals surface area (Å²) in [7, 11) is 2.15. The highest BCUT2D eigenvalue weighted by Gasteiger charge is 2.44. The molecule has 0 bridgehead atoms. The van der Waals surface area contributed by atoms with Crippen molar-refractivity contribution in [1.82, 2.24) is 19.8 Å². The summed E-state index contributed by atoms with van der Waals surface area (Å²) in [6.07, 6.45) is 4.61. The Morgan fingerprint density at radius 3 is 2.47 bits per heavy atom. The molecule has 0 unspecified atom stereocenters. The predicted octanol–water partition coefficient (Wildman–Crippen LogP) is 3.61. The number of aryl methyl sites for hydroxylation is 1. The maximum Gasteiger partial charge on any atom is 0.272 e. The molecule has 1 aromatic carbocycles. The molecule has 0 N–H and O–H groups in total. The van der Waals surface area contributed by atoms with Gasteiger partial charge in [-0.3, -0.25) is 4.79 Å². The van der Waals surface area contributed by atoms with E-state index >= 15 is 0 Å². The minimum atomic E-state index is -0.190. The van der Waals surface area contributed by atoms with Gasteiger partial charge in [-0.05, 0) is 70.9 Å². The first-order chi connectivity index (χ1) is 16.3. The first kappa shape index (κ1) is 23.2. The molecule has 0 radical (unpaired) electrons. The lowest BCUT2D eigenvalue weighted by Gasteiger charge is -2.39. The van der Waals surface area contributed by atoms with Gasteiger partial charge in [0, 0.05) is 30.6 Å². The molecule has 1 spiro atoms. The lowest BCUT2D eigenvalue weighted by molar-refractivity contribution is -0.0396. The van der Waals surface area contributed by atoms with Crippen molar-refractivity contribution in [2.75, 3.05) is 39.8 Å². The standard InChI is InChI=1S/C27H36N4O3/c1-20-17-23(29-25(28-20)26(2)9-13-30(3)14-10-26)24(32)31-15-11-27(12-16-31)18-22(19-33-27)34-21-7-5-4-6-8-21/h4-8,17,22H,9-16,18-19H2,1-3H3/t22-/m1/s1. The fourth-order valence-corrected chi connectivity index (χ4v) is 5.48. The largest absolute Gasteiger partial charge is 0.488 e. The molecule has 1 atom stereocenters. The van der Waals surface area contributed by atoms with Crippen LogP contribution in [0.2, 0.25) is 0 Å². The number of para-hydroxylation sites is 1. The molecule has 182 valence electrons. The van der Waals surface area contributed by atoms with Crippen molar-refractivity contribution in [3.63, 3.8) is 0 Å². The van der Waals surface area contributed by atoms with Crippen LogP contribution in [0, 0.1) is 6.92 Å². The van der Waals surface area contributed by atoms with Crippen molar-refractivity contribution < 1.29 is 14.3 Å². The third-order valence-electron chi connectivity index (χ3n) is 7.89. The summed E-state index contributed by atoms with van der Waals surface area (Å²) in [6, 6.07) is 11.8. The summed E-state index contributed by atoms with van der Waals surface area (Å²) in [6.45, 7) is 8.21. The van der Waals surface area contributed by atoms with Gasteiger partial charge >= 0.3 is 0 Å². The molecule has 3 aliphatic heterocycles. The number of carbonyl (C=O) groups excluding carboxylic acids is 1. The van der Waals surface area contributed by atoms with Crippen molar-refractivity contribution in [3.05, 3.63) is 53.6 Å². The molecule has 1 amide bonds. The molecule has 0 saturated carbocycles. The first-order valence-electron chi connectivity index (χ1n) is 12.5. The number of amides is 1. The fraction of sp³-hybridized carbons (Fsp3) is 0.593. The molecule has 5 rings (SSSR count). The number of nitrogens with zero attached hydrogens (tertiary/aromatic N) is 4. The van der Waals surface area contributed by atoms with Gasteiger partial charge in [0.1, 0.15) is 23.4 Å². The lowest BCUT2D eigenvalue weighted by atomic mass is 9.79. The van der Waals surface area contributed by atoms with E-state index in [-0.39, 0.29) is 23.0 Å². The predicted molar refractivity (Wildman–Crippen MR) is 130 cm³/mol. The summed E-state index contributed by atoms with van der Waals surface area (Å²) < 4.78 is 12.4. The second kappa shape index (κ2) is 9.27. The number of piperidine rings is 2. The van der Waals surface area contributed by atoms with E-state index in [4.69, 9.17) is 19.4 Å². The van der Waals surface area contributed by atoms with E-state index in [1.165, 1.54) is 0 Å². The molecule has 1 aromatic heterocycles. The van der Waals surface area contributed by atoms with Crippen molar-refractivity contribution in [1.29, 1.82) is 0 Å². The van der Waals surface area contributed by atoms with Crippen molar-refractivity contribution in [2.24, 2.45) is 0 Å². The van der Waals surface area contributed by atoms with Gasteiger partial charge in [-0.1, -0.05) is 25.1 Å². The SMILES string of the molecule is Cc1cc(C(=O)N2CCC3(CC2)C[C@@H](Oc2ccccc2)CO3)nc(C2(C)CCN(C)CC2)n1. The van der Waals surface area contributed by atoms with Crippen LogP contribution in [-0.4, -0.2) is 77.2 Å². The molecular formula is C27H36N4O3. The van der Waals surface area contributed by atoms with Gasteiger partial charge in [0.2, 0.25) is 0 Å². The van der Waals surface area contributed by atoms with Crippen LogP contribution >= 0.6 is 0 Å². The molecule has 34 heavy (non-hydrogen) atoms. The number of hydrogen-bond acceptors (Lipinski definition) is 6. The van der Waals surface area contributed by atoms with E-state index in [2.05, 4.69) is 18.9 Å². The monoisotopic (exact) mass is 464 g/mol. The van der Waals surface area contributed by atoms with E-state index < -0.39 is 0 Å². The molecule has 0 aliphatic carbocycles. The Kier molecular flexibility index (Phi) is 6.34. The minimum absolute atomic E-state index is 0.00760.